The van der Waals surface area contributed by atoms with Gasteiger partial charge in [0.15, 0.2) is 0 Å². The highest BCUT2D eigenvalue weighted by Gasteiger charge is 2.23. The van der Waals surface area contributed by atoms with Crippen LogP contribution in [0.1, 0.15) is 0 Å². The molecule has 0 spiro atoms. The van der Waals surface area contributed by atoms with Crippen molar-refractivity contribution >= 4 is 59.4 Å². The molecule has 0 aliphatic carbocycles. The van der Waals surface area contributed by atoms with Crippen LogP contribution in [0.3, 0.4) is 0 Å². The molecule has 0 fully saturated rings. The second-order valence-electron chi connectivity index (χ2n) is 12.0. The van der Waals surface area contributed by atoms with E-state index in [2.05, 4.69) is 162 Å². The van der Waals surface area contributed by atoms with E-state index in [4.69, 9.17) is 5.10 Å². The van der Waals surface area contributed by atoms with Gasteiger partial charge in [0, 0.05) is 22.1 Å². The maximum Gasteiger partial charge on any atom is 0.102 e. The fourth-order valence-electron chi connectivity index (χ4n) is 7.45. The second kappa shape index (κ2) is 9.25. The highest BCUT2D eigenvalue weighted by Crippen LogP contribution is 2.45. The first-order chi connectivity index (χ1) is 22.3. The van der Waals surface area contributed by atoms with Crippen LogP contribution in [0.25, 0.3) is 93.0 Å². The number of rotatable bonds is 3. The number of nitrogens with zero attached hydrogens (tertiary/aromatic N) is 2. The van der Waals surface area contributed by atoms with Crippen LogP contribution in [0.4, 0.5) is 0 Å². The Morgan fingerprint density at radius 2 is 1.04 bits per heavy atom. The minimum absolute atomic E-state index is 0.998. The van der Waals surface area contributed by atoms with Crippen molar-refractivity contribution in [1.29, 1.82) is 0 Å². The molecule has 8 aromatic carbocycles. The van der Waals surface area contributed by atoms with Crippen LogP contribution in [0.5, 0.6) is 0 Å². The summed E-state index contributed by atoms with van der Waals surface area (Å²) >= 11 is 0. The molecule has 0 unspecified atom stereocenters. The Morgan fingerprint density at radius 3 is 1.89 bits per heavy atom. The van der Waals surface area contributed by atoms with Gasteiger partial charge in [0.1, 0.15) is 5.69 Å². The Kier molecular flexibility index (Phi) is 5.03. The minimum atomic E-state index is 0.998. The standard InChI is InChI=1S/C43H26N2/c1-2-10-28(11-3-1)41-42(37-24-22-31-19-18-29-14-8-15-30-21-23-36(37)40(31)39(29)30)44-45-38(26-33-13-6-7-16-35(33)43(41)45)34-20-17-27-9-4-5-12-32(27)25-34/h1-26H. The van der Waals surface area contributed by atoms with Gasteiger partial charge in [0.05, 0.1) is 11.2 Å². The molecule has 2 nitrogen and oxygen atoms in total. The third-order valence-electron chi connectivity index (χ3n) is 9.51. The van der Waals surface area contributed by atoms with Crippen molar-refractivity contribution in [1.82, 2.24) is 9.61 Å². The SMILES string of the molecule is c1ccc(-c2c(-c3ccc4ccc5cccc6ccc3c4c56)nn3c(-c4ccc5ccccc5c4)cc4ccccc4c23)cc1. The highest BCUT2D eigenvalue weighted by molar-refractivity contribution is 6.26. The van der Waals surface area contributed by atoms with Gasteiger partial charge in [-0.3, -0.25) is 0 Å². The Bertz CT molecular complexity index is 2740. The number of hydrogen-bond donors (Lipinski definition) is 0. The van der Waals surface area contributed by atoms with Crippen LogP contribution in [-0.4, -0.2) is 9.61 Å². The lowest BCUT2D eigenvalue weighted by Crippen LogP contribution is -1.96. The Balaban J connectivity index is 1.38. The van der Waals surface area contributed by atoms with Gasteiger partial charge in [-0.1, -0.05) is 146 Å². The zero-order chi connectivity index (χ0) is 29.5. The Morgan fingerprint density at radius 1 is 0.400 bits per heavy atom. The lowest BCUT2D eigenvalue weighted by atomic mass is 9.89. The van der Waals surface area contributed by atoms with Crippen molar-refractivity contribution < 1.29 is 0 Å². The lowest BCUT2D eigenvalue weighted by molar-refractivity contribution is 0.980. The number of pyridine rings is 1. The minimum Gasteiger partial charge on any atom is -0.231 e. The summed E-state index contributed by atoms with van der Waals surface area (Å²) < 4.78 is 2.20. The Hall–Kier alpha value is -5.99. The molecular formula is C43H26N2. The van der Waals surface area contributed by atoms with Crippen molar-refractivity contribution in [2.75, 3.05) is 0 Å². The molecule has 208 valence electrons. The van der Waals surface area contributed by atoms with Crippen molar-refractivity contribution in [3.05, 3.63) is 158 Å². The van der Waals surface area contributed by atoms with Crippen LogP contribution >= 0.6 is 0 Å². The maximum atomic E-state index is 5.56. The summed E-state index contributed by atoms with van der Waals surface area (Å²) in [6, 6.07) is 57.3. The summed E-state index contributed by atoms with van der Waals surface area (Å²) in [5.74, 6) is 0. The number of hydrogen-bond acceptors (Lipinski definition) is 1. The molecule has 0 amide bonds. The highest BCUT2D eigenvalue weighted by atomic mass is 15.2. The fourth-order valence-corrected chi connectivity index (χ4v) is 7.45. The predicted octanol–water partition coefficient (Wildman–Crippen LogP) is 11.5. The molecule has 0 aliphatic rings. The van der Waals surface area contributed by atoms with E-state index in [0.29, 0.717) is 0 Å². The van der Waals surface area contributed by atoms with Crippen LogP contribution in [0, 0.1) is 0 Å². The van der Waals surface area contributed by atoms with Gasteiger partial charge in [-0.15, -0.1) is 0 Å². The molecule has 45 heavy (non-hydrogen) atoms. The zero-order valence-electron chi connectivity index (χ0n) is 24.4. The molecule has 0 saturated heterocycles. The van der Waals surface area contributed by atoms with E-state index in [1.54, 1.807) is 0 Å². The monoisotopic (exact) mass is 570 g/mol. The molecule has 0 aliphatic heterocycles. The average molecular weight is 571 g/mol. The third kappa shape index (κ3) is 3.54. The molecule has 0 atom stereocenters. The van der Waals surface area contributed by atoms with E-state index in [-0.39, 0.29) is 0 Å². The van der Waals surface area contributed by atoms with Crippen molar-refractivity contribution in [3.8, 4) is 33.6 Å². The van der Waals surface area contributed by atoms with Crippen LogP contribution in [0.15, 0.2) is 158 Å². The summed E-state index contributed by atoms with van der Waals surface area (Å²) in [4.78, 5) is 0. The molecule has 10 aromatic rings. The van der Waals surface area contributed by atoms with E-state index in [1.165, 1.54) is 53.9 Å². The summed E-state index contributed by atoms with van der Waals surface area (Å²) in [5.41, 5.74) is 7.82. The molecule has 2 aromatic heterocycles. The topological polar surface area (TPSA) is 17.3 Å². The molecule has 10 rings (SSSR count). The molecule has 0 N–H and O–H groups in total. The predicted molar refractivity (Wildman–Crippen MR) is 190 cm³/mol. The normalized spacial score (nSPS) is 12.0. The van der Waals surface area contributed by atoms with E-state index >= 15 is 0 Å². The first kappa shape index (κ1) is 24.5. The van der Waals surface area contributed by atoms with E-state index in [0.717, 1.165) is 39.2 Å². The smallest absolute Gasteiger partial charge is 0.102 e. The number of aromatic nitrogens is 2. The number of fused-ring (bicyclic) bond motifs is 4. The average Bonchev–Trinajstić information content (AvgIpc) is 3.51. The fraction of sp³-hybridized carbons (Fsp3) is 0. The largest absolute Gasteiger partial charge is 0.231 e. The molecule has 0 radical (unpaired) electrons. The summed E-state index contributed by atoms with van der Waals surface area (Å²) in [7, 11) is 0. The van der Waals surface area contributed by atoms with E-state index in [1.807, 2.05) is 0 Å². The van der Waals surface area contributed by atoms with Crippen LogP contribution in [-0.2, 0) is 0 Å². The molecule has 0 bridgehead atoms. The van der Waals surface area contributed by atoms with E-state index in [9.17, 15) is 0 Å². The molecular weight excluding hydrogens is 544 g/mol. The quantitative estimate of drug-likeness (QED) is 0.193. The summed E-state index contributed by atoms with van der Waals surface area (Å²) in [5, 5.41) is 18.1. The van der Waals surface area contributed by atoms with Crippen LogP contribution < -0.4 is 0 Å². The van der Waals surface area contributed by atoms with Gasteiger partial charge < -0.3 is 0 Å². The summed E-state index contributed by atoms with van der Waals surface area (Å²) in [6.07, 6.45) is 0. The van der Waals surface area contributed by atoms with Crippen molar-refractivity contribution in [3.63, 3.8) is 0 Å². The van der Waals surface area contributed by atoms with E-state index < -0.39 is 0 Å². The summed E-state index contributed by atoms with van der Waals surface area (Å²) in [6.45, 7) is 0. The molecule has 2 heteroatoms. The first-order valence-corrected chi connectivity index (χ1v) is 15.5. The van der Waals surface area contributed by atoms with Gasteiger partial charge in [-0.05, 0) is 66.2 Å². The third-order valence-corrected chi connectivity index (χ3v) is 9.51. The molecule has 2 heterocycles. The second-order valence-corrected chi connectivity index (χ2v) is 12.0. The van der Waals surface area contributed by atoms with Crippen molar-refractivity contribution in [2.24, 2.45) is 0 Å². The Labute approximate surface area is 259 Å². The zero-order valence-corrected chi connectivity index (χ0v) is 24.4. The van der Waals surface area contributed by atoms with Crippen LogP contribution in [0.2, 0.25) is 0 Å². The van der Waals surface area contributed by atoms with Gasteiger partial charge in [-0.25, -0.2) is 4.52 Å². The van der Waals surface area contributed by atoms with Gasteiger partial charge in [0.25, 0.3) is 0 Å². The molecule has 0 saturated carbocycles. The van der Waals surface area contributed by atoms with Gasteiger partial charge >= 0.3 is 0 Å². The maximum absolute atomic E-state index is 5.56. The first-order valence-electron chi connectivity index (χ1n) is 15.5. The number of benzene rings is 8. The van der Waals surface area contributed by atoms with Crippen molar-refractivity contribution in [2.45, 2.75) is 0 Å². The van der Waals surface area contributed by atoms with Gasteiger partial charge in [-0.2, -0.15) is 5.10 Å². The van der Waals surface area contributed by atoms with Gasteiger partial charge in [0.2, 0.25) is 0 Å². The lowest BCUT2D eigenvalue weighted by Gasteiger charge is -2.14.